The molecule has 74 heavy (non-hydrogen) atoms. The highest BCUT2D eigenvalue weighted by molar-refractivity contribution is 7.15. The van der Waals surface area contributed by atoms with Crippen LogP contribution in [-0.2, 0) is 19.2 Å². The number of nitrogens with one attached hydrogen (secondary N) is 2. The Morgan fingerprint density at radius 3 is 2.30 bits per heavy atom. The zero-order valence-corrected chi connectivity index (χ0v) is 46.2. The van der Waals surface area contributed by atoms with Crippen LogP contribution in [0.1, 0.15) is 117 Å². The smallest absolute Gasteiger partial charge is 0.246 e. The minimum atomic E-state index is -0.909. The quantitative estimate of drug-likeness (QED) is 0.118. The number of hydrogen-bond donors (Lipinski definition) is 3. The predicted molar refractivity (Wildman–Crippen MR) is 289 cm³/mol. The lowest BCUT2D eigenvalue weighted by Crippen LogP contribution is -2.70. The number of aromatic nitrogens is 4. The fourth-order valence-electron chi connectivity index (χ4n) is 12.0. The monoisotopic (exact) mass is 1060 g/mol. The molecular weight excluding hydrogens is 994 g/mol. The molecule has 4 aliphatic heterocycles. The van der Waals surface area contributed by atoms with Crippen molar-refractivity contribution in [3.05, 3.63) is 104 Å². The Morgan fingerprint density at radius 2 is 1.64 bits per heavy atom. The Kier molecular flexibility index (Phi) is 14.3. The van der Waals surface area contributed by atoms with Crippen LogP contribution in [0.25, 0.3) is 15.4 Å². The number of fused-ring (bicyclic) bond motifs is 3. The number of β-amino-alcohol motifs (C(OH)–C–C–N with tert-alkyl or cyclic N) is 1. The summed E-state index contributed by atoms with van der Waals surface area (Å²) in [6, 6.07) is 13.7. The van der Waals surface area contributed by atoms with Crippen LogP contribution in [0.15, 0.2) is 59.0 Å². The second kappa shape index (κ2) is 20.3. The lowest BCUT2D eigenvalue weighted by atomic mass is 9.60. The maximum atomic E-state index is 14.4. The Morgan fingerprint density at radius 1 is 0.932 bits per heavy atom. The van der Waals surface area contributed by atoms with E-state index in [1.165, 1.54) is 9.78 Å². The van der Waals surface area contributed by atoms with Gasteiger partial charge in [-0.05, 0) is 88.6 Å². The van der Waals surface area contributed by atoms with E-state index in [0.717, 1.165) is 87.4 Å². The lowest BCUT2D eigenvalue weighted by Gasteiger charge is -2.62. The number of carbonyl (C=O) groups excluding carboxylic acids is 4. The average Bonchev–Trinajstić information content (AvgIpc) is 4.09. The van der Waals surface area contributed by atoms with Gasteiger partial charge in [0.1, 0.15) is 29.0 Å². The molecule has 16 nitrogen and oxygen atoms in total. The van der Waals surface area contributed by atoms with E-state index < -0.39 is 29.6 Å². The highest BCUT2D eigenvalue weighted by atomic mass is 35.5. The number of hydrogen-bond acceptors (Lipinski definition) is 13. The van der Waals surface area contributed by atoms with Gasteiger partial charge in [0.2, 0.25) is 23.6 Å². The molecule has 5 aromatic rings. The van der Waals surface area contributed by atoms with Crippen molar-refractivity contribution in [3.8, 4) is 15.4 Å². The molecule has 1 spiro atoms. The van der Waals surface area contributed by atoms with Crippen molar-refractivity contribution >= 4 is 63.6 Å². The van der Waals surface area contributed by atoms with Crippen molar-refractivity contribution in [2.75, 3.05) is 45.8 Å². The van der Waals surface area contributed by atoms with Gasteiger partial charge < -0.3 is 25.5 Å². The van der Waals surface area contributed by atoms with Crippen LogP contribution in [-0.4, -0.2) is 150 Å². The van der Waals surface area contributed by atoms with Crippen LogP contribution in [0.5, 0.6) is 0 Å². The first-order chi connectivity index (χ1) is 35.2. The first-order valence-corrected chi connectivity index (χ1v) is 28.0. The minimum absolute atomic E-state index is 0.00994. The first kappa shape index (κ1) is 52.1. The molecule has 1 unspecified atom stereocenters. The van der Waals surface area contributed by atoms with E-state index in [1.54, 1.807) is 22.7 Å². The number of thiophene rings is 1. The van der Waals surface area contributed by atoms with E-state index in [9.17, 15) is 24.3 Å². The van der Waals surface area contributed by atoms with Gasteiger partial charge in [0.05, 0.1) is 46.9 Å². The number of piperazine rings is 1. The van der Waals surface area contributed by atoms with Crippen LogP contribution >= 0.6 is 34.3 Å². The van der Waals surface area contributed by atoms with Gasteiger partial charge >= 0.3 is 0 Å². The number of benzene rings is 2. The van der Waals surface area contributed by atoms with Crippen molar-refractivity contribution in [1.29, 1.82) is 0 Å². The third-order valence-electron chi connectivity index (χ3n) is 16.1. The van der Waals surface area contributed by atoms with Gasteiger partial charge in [0, 0.05) is 84.2 Å². The van der Waals surface area contributed by atoms with Gasteiger partial charge in [-0.1, -0.05) is 68.8 Å². The Bertz CT molecular complexity index is 2980. The van der Waals surface area contributed by atoms with E-state index in [1.807, 2.05) is 100 Å². The van der Waals surface area contributed by atoms with E-state index in [2.05, 4.69) is 61.0 Å². The third-order valence-corrected chi connectivity index (χ3v) is 18.5. The van der Waals surface area contributed by atoms with Crippen molar-refractivity contribution in [1.82, 2.24) is 50.0 Å². The summed E-state index contributed by atoms with van der Waals surface area (Å²) in [6.45, 7) is 21.8. The predicted octanol–water partition coefficient (Wildman–Crippen LogP) is 6.99. The Labute approximate surface area is 446 Å². The highest BCUT2D eigenvalue weighted by Crippen LogP contribution is 2.51. The van der Waals surface area contributed by atoms with Crippen molar-refractivity contribution in [2.45, 2.75) is 130 Å². The molecule has 3 aromatic heterocycles. The van der Waals surface area contributed by atoms with Gasteiger partial charge in [0.15, 0.2) is 5.82 Å². The zero-order valence-electron chi connectivity index (χ0n) is 43.8. The number of aliphatic hydroxyl groups is 1. The van der Waals surface area contributed by atoms with Gasteiger partial charge in [-0.2, -0.15) is 0 Å². The van der Waals surface area contributed by atoms with Crippen molar-refractivity contribution in [2.24, 2.45) is 15.8 Å². The summed E-state index contributed by atoms with van der Waals surface area (Å²) in [5.41, 5.74) is 8.19. The largest absolute Gasteiger partial charge is 0.391 e. The zero-order chi connectivity index (χ0) is 52.5. The maximum absolute atomic E-state index is 14.4. The molecule has 0 radical (unpaired) electrons. The topological polar surface area (TPSA) is 181 Å². The molecule has 3 N–H and O–H groups in total. The summed E-state index contributed by atoms with van der Waals surface area (Å²) < 4.78 is 2.09. The molecule has 1 aliphatic carbocycles. The van der Waals surface area contributed by atoms with E-state index >= 15 is 0 Å². The summed E-state index contributed by atoms with van der Waals surface area (Å²) in [5, 5.41) is 27.7. The molecule has 7 heterocycles. The van der Waals surface area contributed by atoms with Gasteiger partial charge in [-0.3, -0.25) is 38.5 Å². The molecule has 19 heteroatoms. The van der Waals surface area contributed by atoms with Gasteiger partial charge in [-0.15, -0.1) is 32.9 Å². The summed E-state index contributed by atoms with van der Waals surface area (Å²) in [7, 11) is 0. The molecular formula is C55H68ClN11O5S2. The molecule has 10 rings (SSSR count). The molecule has 1 saturated carbocycles. The number of aliphatic hydroxyl groups excluding tert-OH is 1. The van der Waals surface area contributed by atoms with Crippen molar-refractivity contribution < 1.29 is 24.3 Å². The number of likely N-dealkylation sites (tertiary alicyclic amines) is 2. The first-order valence-electron chi connectivity index (χ1n) is 25.9. The van der Waals surface area contributed by atoms with Gasteiger partial charge in [0.25, 0.3) is 0 Å². The maximum Gasteiger partial charge on any atom is 0.246 e. The third kappa shape index (κ3) is 10.1. The van der Waals surface area contributed by atoms with Crippen LogP contribution in [0.4, 0.5) is 0 Å². The fourth-order valence-corrected chi connectivity index (χ4v) is 14.1. The van der Waals surface area contributed by atoms with Gasteiger partial charge in [-0.25, -0.2) is 4.98 Å². The number of aliphatic imine (C=N–C) groups is 1. The molecule has 3 saturated heterocycles. The number of amides is 4. The molecule has 4 amide bonds. The molecule has 4 fully saturated rings. The molecule has 392 valence electrons. The van der Waals surface area contributed by atoms with Crippen LogP contribution in [0, 0.1) is 38.5 Å². The second-order valence-corrected chi connectivity index (χ2v) is 25.1. The minimum Gasteiger partial charge on any atom is -0.391 e. The lowest BCUT2D eigenvalue weighted by molar-refractivity contribution is -0.161. The molecule has 0 bridgehead atoms. The van der Waals surface area contributed by atoms with Crippen molar-refractivity contribution in [3.63, 3.8) is 0 Å². The standard InChI is InChI=1S/C55H68ClN11O5S2/c1-30-24-63(26-44(69)60-49(54(7,8)9)52(72)66-25-41(68)20-43(66)51(71)58-32(3)36-10-12-38(13-11-36)48-33(4)57-29-73-48)18-19-65(30)40-22-55(23-40)27-64(28-55)45(70)21-42-50-62-61-35(6)67(50)53-46(31(2)34(5)74-53)47(59-42)37-14-16-39(56)17-15-37/h10-17,29-30,32,40-43,49,68H,18-28H2,1-9H3,(H,58,71)(H,60,69)/t30-,32?,41+,42-,43-,49+/m0/s1. The summed E-state index contributed by atoms with van der Waals surface area (Å²) in [5.74, 6) is 0.541. The average molecular weight is 1060 g/mol. The summed E-state index contributed by atoms with van der Waals surface area (Å²) in [4.78, 5) is 76.3. The fraction of sp³-hybridized carbons (Fsp3) is 0.527. The number of halogens is 1. The number of thiazole rings is 1. The van der Waals surface area contributed by atoms with Crippen LogP contribution in [0.3, 0.4) is 0 Å². The number of rotatable bonds is 12. The Balaban J connectivity index is 0.710. The number of nitrogens with zero attached hydrogens (tertiary/aromatic N) is 9. The van der Waals surface area contributed by atoms with E-state index in [-0.39, 0.29) is 67.1 Å². The summed E-state index contributed by atoms with van der Waals surface area (Å²) >= 11 is 9.59. The number of carbonyl (C=O) groups is 4. The highest BCUT2D eigenvalue weighted by Gasteiger charge is 2.56. The SMILES string of the molecule is Cc1ncsc1-c1ccc(C(C)NC(=O)[C@@H]2C[C@@H](O)CN2C(=O)[C@@H](NC(=O)CN2CCN(C3CC4(C3)CN(C(=O)C[C@@H]3N=C(c5ccc(Cl)cc5)c5c(sc(C)c5C)-n5c(C)nnc53)C4)[C@@H](C)C2)C(C)(C)C)cc1. The number of aryl methyl sites for hydroxylation is 3. The van der Waals surface area contributed by atoms with E-state index in [4.69, 9.17) is 16.6 Å². The normalized spacial score (nSPS) is 22.8. The molecule has 6 atom stereocenters. The molecule has 2 aromatic carbocycles. The second-order valence-electron chi connectivity index (χ2n) is 22.6. The van der Waals surface area contributed by atoms with Crippen LogP contribution < -0.4 is 10.6 Å². The Hall–Kier alpha value is -5.37. The van der Waals surface area contributed by atoms with E-state index in [0.29, 0.717) is 30.0 Å². The summed E-state index contributed by atoms with van der Waals surface area (Å²) in [6.07, 6.45) is 1.50. The molecule has 5 aliphatic rings. The van der Waals surface area contributed by atoms with Crippen LogP contribution in [0.2, 0.25) is 5.02 Å².